The van der Waals surface area contributed by atoms with Gasteiger partial charge in [-0.25, -0.2) is 4.98 Å². The smallest absolute Gasteiger partial charge is 0.337 e. The minimum Gasteiger partial charge on any atom is -0.337 e. The maximum atomic E-state index is 13.5. The van der Waals surface area contributed by atoms with Crippen molar-refractivity contribution in [2.75, 3.05) is 32.7 Å². The summed E-state index contributed by atoms with van der Waals surface area (Å²) in [6, 6.07) is 17.2. The van der Waals surface area contributed by atoms with Crippen molar-refractivity contribution in [3.63, 3.8) is 0 Å². The molecule has 0 spiro atoms. The van der Waals surface area contributed by atoms with E-state index in [2.05, 4.69) is 0 Å². The molecule has 0 N–H and O–H groups in total. The van der Waals surface area contributed by atoms with E-state index >= 15 is 0 Å². The lowest BCUT2D eigenvalue weighted by Gasteiger charge is -2.23. The Morgan fingerprint density at radius 2 is 1.74 bits per heavy atom. The fraction of sp³-hybridized carbons (Fsp3) is 0.333. The van der Waals surface area contributed by atoms with E-state index < -0.39 is 12.7 Å². The van der Waals surface area contributed by atoms with Gasteiger partial charge < -0.3 is 4.90 Å². The zero-order valence-electron chi connectivity index (χ0n) is 17.3. The normalized spacial score (nSPS) is 15.8. The van der Waals surface area contributed by atoms with Crippen molar-refractivity contribution in [1.82, 2.24) is 14.8 Å². The summed E-state index contributed by atoms with van der Waals surface area (Å²) in [5.74, 6) is -0.166. The summed E-state index contributed by atoms with van der Waals surface area (Å²) in [7, 11) is 0. The molecule has 1 saturated heterocycles. The molecule has 2 heterocycles. The average Bonchev–Trinajstić information content (AvgIpc) is 2.97. The molecule has 0 unspecified atom stereocenters. The Hall–Kier alpha value is -2.93. The number of carbonyl (C=O) groups excluding carboxylic acids is 1. The quantitative estimate of drug-likeness (QED) is 0.595. The van der Waals surface area contributed by atoms with Gasteiger partial charge in [0, 0.05) is 37.1 Å². The monoisotopic (exact) mass is 427 g/mol. The Morgan fingerprint density at radius 3 is 2.48 bits per heavy atom. The van der Waals surface area contributed by atoms with E-state index in [1.807, 2.05) is 55.5 Å². The van der Waals surface area contributed by atoms with Crippen LogP contribution in [0.1, 0.15) is 22.3 Å². The molecule has 3 aromatic rings. The number of fused-ring (bicyclic) bond motifs is 1. The van der Waals surface area contributed by atoms with E-state index in [1.54, 1.807) is 11.0 Å². The first-order valence-electron chi connectivity index (χ1n) is 10.4. The highest BCUT2D eigenvalue weighted by molar-refractivity contribution is 6.07. The summed E-state index contributed by atoms with van der Waals surface area (Å²) < 4.78 is 38.3. The van der Waals surface area contributed by atoms with Crippen LogP contribution in [0, 0.1) is 6.92 Å². The molecule has 0 bridgehead atoms. The average molecular weight is 427 g/mol. The maximum absolute atomic E-state index is 13.5. The fourth-order valence-corrected chi connectivity index (χ4v) is 3.98. The molecule has 162 valence electrons. The van der Waals surface area contributed by atoms with Gasteiger partial charge in [-0.1, -0.05) is 48.0 Å². The number of aryl methyl sites for hydroxylation is 1. The van der Waals surface area contributed by atoms with Gasteiger partial charge in [-0.05, 0) is 25.5 Å². The molecule has 31 heavy (non-hydrogen) atoms. The highest BCUT2D eigenvalue weighted by Gasteiger charge is 2.32. The number of aromatic nitrogens is 1. The van der Waals surface area contributed by atoms with Crippen LogP contribution in [0.5, 0.6) is 0 Å². The van der Waals surface area contributed by atoms with Crippen molar-refractivity contribution in [2.45, 2.75) is 19.5 Å². The molecule has 0 aliphatic carbocycles. The lowest BCUT2D eigenvalue weighted by molar-refractivity contribution is -0.145. The van der Waals surface area contributed by atoms with Gasteiger partial charge >= 0.3 is 6.18 Å². The van der Waals surface area contributed by atoms with Gasteiger partial charge in [0.05, 0.1) is 23.3 Å². The topological polar surface area (TPSA) is 36.4 Å². The predicted octanol–water partition coefficient (Wildman–Crippen LogP) is 4.92. The van der Waals surface area contributed by atoms with Crippen LogP contribution in [0.2, 0.25) is 0 Å². The maximum Gasteiger partial charge on any atom is 0.401 e. The Labute approximate surface area is 179 Å². The summed E-state index contributed by atoms with van der Waals surface area (Å²) in [5, 5.41) is 0.750. The van der Waals surface area contributed by atoms with Gasteiger partial charge in [0.15, 0.2) is 0 Å². The first-order chi connectivity index (χ1) is 14.8. The Bertz CT molecular complexity index is 1080. The summed E-state index contributed by atoms with van der Waals surface area (Å²) >= 11 is 0. The summed E-state index contributed by atoms with van der Waals surface area (Å²) in [5.41, 5.74) is 4.00. The second-order valence-corrected chi connectivity index (χ2v) is 7.98. The molecule has 0 radical (unpaired) electrons. The Morgan fingerprint density at radius 1 is 1.00 bits per heavy atom. The number of hydrogen-bond acceptors (Lipinski definition) is 3. The molecular weight excluding hydrogens is 403 g/mol. The van der Waals surface area contributed by atoms with Crippen LogP contribution in [-0.4, -0.2) is 59.6 Å². The lowest BCUT2D eigenvalue weighted by Crippen LogP contribution is -2.38. The number of pyridine rings is 1. The van der Waals surface area contributed by atoms with Crippen molar-refractivity contribution in [3.05, 3.63) is 65.7 Å². The highest BCUT2D eigenvalue weighted by Crippen LogP contribution is 2.27. The zero-order chi connectivity index (χ0) is 22.0. The lowest BCUT2D eigenvalue weighted by atomic mass is 10.0. The van der Waals surface area contributed by atoms with Crippen molar-refractivity contribution in [2.24, 2.45) is 0 Å². The van der Waals surface area contributed by atoms with E-state index in [4.69, 9.17) is 4.98 Å². The first-order valence-corrected chi connectivity index (χ1v) is 10.4. The van der Waals surface area contributed by atoms with Crippen molar-refractivity contribution in [1.29, 1.82) is 0 Å². The number of alkyl halides is 3. The largest absolute Gasteiger partial charge is 0.401 e. The molecule has 1 aromatic heterocycles. The van der Waals surface area contributed by atoms with Gasteiger partial charge in [0.25, 0.3) is 5.91 Å². The molecule has 2 aromatic carbocycles. The summed E-state index contributed by atoms with van der Waals surface area (Å²) in [6.45, 7) is 2.31. The van der Waals surface area contributed by atoms with E-state index in [0.717, 1.165) is 22.0 Å². The van der Waals surface area contributed by atoms with Crippen LogP contribution in [0.4, 0.5) is 13.2 Å². The molecule has 1 aliphatic rings. The molecule has 0 saturated carbocycles. The number of hydrogen-bond donors (Lipinski definition) is 0. The minimum absolute atomic E-state index is 0.166. The molecular formula is C24H24F3N3O. The standard InChI is InChI=1S/C24H24F3N3O/c1-17-7-9-18(10-8-17)22-15-20(19-5-2-3-6-21(19)28-22)23(31)30-12-4-11-29(13-14-30)16-24(25,26)27/h2-3,5-10,15H,4,11-14,16H2,1H3. The third-order valence-electron chi connectivity index (χ3n) is 5.57. The van der Waals surface area contributed by atoms with Crippen LogP contribution >= 0.6 is 0 Å². The van der Waals surface area contributed by atoms with E-state index in [1.165, 1.54) is 4.90 Å². The molecule has 0 atom stereocenters. The van der Waals surface area contributed by atoms with Crippen molar-refractivity contribution < 1.29 is 18.0 Å². The van der Waals surface area contributed by atoms with E-state index in [-0.39, 0.29) is 19.0 Å². The van der Waals surface area contributed by atoms with Gasteiger partial charge in [0.1, 0.15) is 0 Å². The van der Waals surface area contributed by atoms with Crippen LogP contribution < -0.4 is 0 Å². The highest BCUT2D eigenvalue weighted by atomic mass is 19.4. The zero-order valence-corrected chi connectivity index (χ0v) is 17.3. The Balaban J connectivity index is 1.65. The van der Waals surface area contributed by atoms with Gasteiger partial charge in [-0.3, -0.25) is 9.69 Å². The van der Waals surface area contributed by atoms with E-state index in [0.29, 0.717) is 30.8 Å². The number of para-hydroxylation sites is 1. The number of benzene rings is 2. The third-order valence-corrected chi connectivity index (χ3v) is 5.57. The van der Waals surface area contributed by atoms with Gasteiger partial charge in [-0.15, -0.1) is 0 Å². The van der Waals surface area contributed by atoms with E-state index in [9.17, 15) is 18.0 Å². The SMILES string of the molecule is Cc1ccc(-c2cc(C(=O)N3CCCN(CC(F)(F)F)CC3)c3ccccc3n2)cc1. The number of rotatable bonds is 3. The van der Waals surface area contributed by atoms with Crippen LogP contribution in [0.15, 0.2) is 54.6 Å². The molecule has 4 nitrogen and oxygen atoms in total. The molecule has 1 aliphatic heterocycles. The number of amides is 1. The summed E-state index contributed by atoms with van der Waals surface area (Å²) in [6.07, 6.45) is -3.72. The van der Waals surface area contributed by atoms with Gasteiger partial charge in [-0.2, -0.15) is 13.2 Å². The summed E-state index contributed by atoms with van der Waals surface area (Å²) in [4.78, 5) is 21.2. The van der Waals surface area contributed by atoms with Crippen LogP contribution in [-0.2, 0) is 0 Å². The molecule has 4 rings (SSSR count). The van der Waals surface area contributed by atoms with Gasteiger partial charge in [0.2, 0.25) is 0 Å². The number of carbonyl (C=O) groups is 1. The predicted molar refractivity (Wildman–Crippen MR) is 115 cm³/mol. The fourth-order valence-electron chi connectivity index (χ4n) is 3.98. The van der Waals surface area contributed by atoms with Crippen LogP contribution in [0.3, 0.4) is 0 Å². The van der Waals surface area contributed by atoms with Crippen molar-refractivity contribution in [3.8, 4) is 11.3 Å². The first kappa shape index (κ1) is 21.3. The minimum atomic E-state index is -4.23. The Kier molecular flexibility index (Phi) is 5.96. The van der Waals surface area contributed by atoms with Crippen molar-refractivity contribution >= 4 is 16.8 Å². The van der Waals surface area contributed by atoms with Crippen LogP contribution in [0.25, 0.3) is 22.2 Å². The number of nitrogens with zero attached hydrogens (tertiary/aromatic N) is 3. The second kappa shape index (κ2) is 8.67. The second-order valence-electron chi connectivity index (χ2n) is 7.98. The molecule has 7 heteroatoms. The number of halogens is 3. The third kappa shape index (κ3) is 5.05. The molecule has 1 fully saturated rings. The molecule has 1 amide bonds.